The number of guanidine groups is 1. The van der Waals surface area contributed by atoms with E-state index in [1.807, 2.05) is 23.7 Å². The number of aryl methyl sites for hydroxylation is 2. The number of benzene rings is 1. The van der Waals surface area contributed by atoms with Crippen LogP contribution >= 0.6 is 24.0 Å². The topological polar surface area (TPSA) is 109 Å². The van der Waals surface area contributed by atoms with E-state index in [0.29, 0.717) is 6.54 Å². The van der Waals surface area contributed by atoms with Gasteiger partial charge in [-0.25, -0.2) is 14.6 Å². The standard InChI is InChI=1S/C18H23N9.HI/c1-12-23-17-15(7-4-8-27(17)26-12)24-18(19-2)20-10-13-5-3-6-14(9-13)16-21-11-22-25-16;/h3,5-6,9,11,15H,4,7-8,10H2,1-2H3,(H2,19,20,24)(H,21,22,25);1H. The quantitative estimate of drug-likeness (QED) is 0.292. The van der Waals surface area contributed by atoms with Crippen LogP contribution in [0.3, 0.4) is 0 Å². The van der Waals surface area contributed by atoms with Gasteiger partial charge in [0.25, 0.3) is 0 Å². The third-order valence-electron chi connectivity index (χ3n) is 4.59. The molecule has 10 heteroatoms. The van der Waals surface area contributed by atoms with Gasteiger partial charge in [0, 0.05) is 25.7 Å². The normalized spacial score (nSPS) is 16.2. The van der Waals surface area contributed by atoms with Crippen LogP contribution < -0.4 is 10.6 Å². The van der Waals surface area contributed by atoms with Crippen LogP contribution in [0.25, 0.3) is 11.4 Å². The van der Waals surface area contributed by atoms with Crippen LogP contribution in [0.4, 0.5) is 0 Å². The van der Waals surface area contributed by atoms with Crippen LogP contribution in [0.15, 0.2) is 35.6 Å². The molecular formula is C18H24IN9. The van der Waals surface area contributed by atoms with Crippen LogP contribution in [0, 0.1) is 6.92 Å². The SMILES string of the molecule is CN=C(NCc1cccc(-c2ncn[nH]2)c1)NC1CCCn2nc(C)nc21.I. The molecule has 3 aromatic rings. The summed E-state index contributed by atoms with van der Waals surface area (Å²) in [5, 5.41) is 18.1. The first-order chi connectivity index (χ1) is 13.2. The maximum absolute atomic E-state index is 4.57. The number of aromatic nitrogens is 6. The number of hydrogen-bond donors (Lipinski definition) is 3. The van der Waals surface area contributed by atoms with Gasteiger partial charge in [-0.15, -0.1) is 24.0 Å². The van der Waals surface area contributed by atoms with E-state index in [-0.39, 0.29) is 30.0 Å². The number of H-pyrrole nitrogens is 1. The van der Waals surface area contributed by atoms with Crippen LogP contribution in [0.5, 0.6) is 0 Å². The predicted octanol–water partition coefficient (Wildman–Crippen LogP) is 2.19. The van der Waals surface area contributed by atoms with Crippen molar-refractivity contribution in [1.29, 1.82) is 0 Å². The maximum atomic E-state index is 4.57. The average molecular weight is 493 g/mol. The zero-order valence-corrected chi connectivity index (χ0v) is 18.2. The Morgan fingerprint density at radius 2 is 2.29 bits per heavy atom. The van der Waals surface area contributed by atoms with E-state index in [1.165, 1.54) is 6.33 Å². The number of aromatic amines is 1. The summed E-state index contributed by atoms with van der Waals surface area (Å²) in [4.78, 5) is 13.1. The van der Waals surface area contributed by atoms with E-state index < -0.39 is 0 Å². The van der Waals surface area contributed by atoms with Crippen LogP contribution in [0.2, 0.25) is 0 Å². The highest BCUT2D eigenvalue weighted by atomic mass is 127. The van der Waals surface area contributed by atoms with E-state index in [4.69, 9.17) is 0 Å². The van der Waals surface area contributed by atoms with Gasteiger partial charge in [0.1, 0.15) is 18.0 Å². The molecule has 28 heavy (non-hydrogen) atoms. The number of rotatable bonds is 4. The van der Waals surface area contributed by atoms with Gasteiger partial charge in [-0.05, 0) is 31.4 Å². The molecule has 0 spiro atoms. The predicted molar refractivity (Wildman–Crippen MR) is 117 cm³/mol. The highest BCUT2D eigenvalue weighted by Gasteiger charge is 2.24. The lowest BCUT2D eigenvalue weighted by Gasteiger charge is -2.25. The van der Waals surface area contributed by atoms with Crippen LogP contribution in [0.1, 0.15) is 36.1 Å². The first kappa shape index (κ1) is 20.2. The van der Waals surface area contributed by atoms with Crippen molar-refractivity contribution in [3.05, 3.63) is 47.8 Å². The summed E-state index contributed by atoms with van der Waals surface area (Å²) in [7, 11) is 1.78. The lowest BCUT2D eigenvalue weighted by atomic mass is 10.1. The maximum Gasteiger partial charge on any atom is 0.191 e. The molecule has 1 unspecified atom stereocenters. The van der Waals surface area contributed by atoms with Crippen molar-refractivity contribution in [2.75, 3.05) is 7.05 Å². The van der Waals surface area contributed by atoms with Crippen molar-refractivity contribution < 1.29 is 0 Å². The zero-order valence-electron chi connectivity index (χ0n) is 15.9. The molecular weight excluding hydrogens is 469 g/mol. The van der Waals surface area contributed by atoms with Crippen molar-refractivity contribution in [3.8, 4) is 11.4 Å². The lowest BCUT2D eigenvalue weighted by molar-refractivity contribution is 0.397. The second-order valence-electron chi connectivity index (χ2n) is 6.54. The van der Waals surface area contributed by atoms with Gasteiger partial charge in [-0.1, -0.05) is 18.2 Å². The molecule has 1 aromatic carbocycles. The summed E-state index contributed by atoms with van der Waals surface area (Å²) in [5.41, 5.74) is 2.14. The summed E-state index contributed by atoms with van der Waals surface area (Å²) in [6.07, 6.45) is 3.60. The minimum absolute atomic E-state index is 0. The Morgan fingerprint density at radius 3 is 3.07 bits per heavy atom. The smallest absolute Gasteiger partial charge is 0.191 e. The second kappa shape index (κ2) is 9.13. The molecule has 0 saturated carbocycles. The fourth-order valence-corrected chi connectivity index (χ4v) is 3.32. The Morgan fingerprint density at radius 1 is 1.39 bits per heavy atom. The third kappa shape index (κ3) is 4.49. The average Bonchev–Trinajstić information content (AvgIpc) is 3.34. The molecule has 0 bridgehead atoms. The summed E-state index contributed by atoms with van der Waals surface area (Å²) < 4.78 is 1.99. The minimum Gasteiger partial charge on any atom is -0.352 e. The van der Waals surface area contributed by atoms with Crippen LogP contribution in [-0.4, -0.2) is 43.0 Å². The number of nitrogens with zero attached hydrogens (tertiary/aromatic N) is 6. The Labute approximate surface area is 180 Å². The Balaban J connectivity index is 0.00000225. The molecule has 9 nitrogen and oxygen atoms in total. The van der Waals surface area contributed by atoms with E-state index in [9.17, 15) is 0 Å². The molecule has 0 fully saturated rings. The number of halogens is 1. The highest BCUT2D eigenvalue weighted by Crippen LogP contribution is 2.22. The number of hydrogen-bond acceptors (Lipinski definition) is 5. The minimum atomic E-state index is 0. The summed E-state index contributed by atoms with van der Waals surface area (Å²) >= 11 is 0. The van der Waals surface area contributed by atoms with Crippen LogP contribution in [-0.2, 0) is 13.1 Å². The summed E-state index contributed by atoms with van der Waals surface area (Å²) in [6.45, 7) is 3.51. The lowest BCUT2D eigenvalue weighted by Crippen LogP contribution is -2.41. The molecule has 3 N–H and O–H groups in total. The molecule has 0 aliphatic carbocycles. The summed E-state index contributed by atoms with van der Waals surface area (Å²) in [5.74, 6) is 3.30. The molecule has 0 saturated heterocycles. The number of aliphatic imine (C=N–C) groups is 1. The zero-order chi connectivity index (χ0) is 18.6. The van der Waals surface area contributed by atoms with Gasteiger partial charge >= 0.3 is 0 Å². The molecule has 1 aliphatic rings. The Hall–Kier alpha value is -2.50. The van der Waals surface area contributed by atoms with E-state index in [0.717, 1.165) is 53.9 Å². The van der Waals surface area contributed by atoms with Gasteiger partial charge in [0.05, 0.1) is 6.04 Å². The van der Waals surface area contributed by atoms with Gasteiger partial charge in [-0.3, -0.25) is 10.1 Å². The number of nitrogens with one attached hydrogen (secondary N) is 3. The fourth-order valence-electron chi connectivity index (χ4n) is 3.32. The first-order valence-electron chi connectivity index (χ1n) is 9.06. The molecule has 1 atom stereocenters. The van der Waals surface area contributed by atoms with E-state index >= 15 is 0 Å². The largest absolute Gasteiger partial charge is 0.352 e. The van der Waals surface area contributed by atoms with Gasteiger partial charge in [0.2, 0.25) is 0 Å². The molecule has 0 radical (unpaired) electrons. The van der Waals surface area contributed by atoms with Crippen molar-refractivity contribution in [2.45, 2.75) is 38.9 Å². The van der Waals surface area contributed by atoms with E-state index in [2.05, 4.69) is 53.0 Å². The molecule has 0 amide bonds. The number of fused-ring (bicyclic) bond motifs is 1. The first-order valence-corrected chi connectivity index (χ1v) is 9.06. The summed E-state index contributed by atoms with van der Waals surface area (Å²) in [6, 6.07) is 8.29. The monoisotopic (exact) mass is 493 g/mol. The highest BCUT2D eigenvalue weighted by molar-refractivity contribution is 14.0. The fraction of sp³-hybridized carbons (Fsp3) is 0.389. The van der Waals surface area contributed by atoms with Gasteiger partial charge in [0.15, 0.2) is 11.8 Å². The Kier molecular flexibility index (Phi) is 6.60. The molecule has 2 aromatic heterocycles. The Bertz CT molecular complexity index is 932. The van der Waals surface area contributed by atoms with Crippen molar-refractivity contribution in [2.24, 2.45) is 4.99 Å². The van der Waals surface area contributed by atoms with Crippen molar-refractivity contribution >= 4 is 29.9 Å². The van der Waals surface area contributed by atoms with Gasteiger partial charge < -0.3 is 10.6 Å². The third-order valence-corrected chi connectivity index (χ3v) is 4.59. The van der Waals surface area contributed by atoms with E-state index in [1.54, 1.807) is 7.05 Å². The van der Waals surface area contributed by atoms with Crippen molar-refractivity contribution in [3.63, 3.8) is 0 Å². The molecule has 3 heterocycles. The van der Waals surface area contributed by atoms with Crippen molar-refractivity contribution in [1.82, 2.24) is 40.6 Å². The molecule has 1 aliphatic heterocycles. The van der Waals surface area contributed by atoms with Gasteiger partial charge in [-0.2, -0.15) is 10.2 Å². The molecule has 4 rings (SSSR count). The second-order valence-corrected chi connectivity index (χ2v) is 6.54. The molecule has 148 valence electrons.